The Kier molecular flexibility index (Phi) is 5.55. The number of nitrogens with zero attached hydrogens (tertiary/aromatic N) is 3. The van der Waals surface area contributed by atoms with Gasteiger partial charge in [0.25, 0.3) is 5.91 Å². The predicted octanol–water partition coefficient (Wildman–Crippen LogP) is 3.42. The van der Waals surface area contributed by atoms with Crippen LogP contribution in [0.4, 0.5) is 35.4 Å². The van der Waals surface area contributed by atoms with Gasteiger partial charge in [-0.15, -0.1) is 0 Å². The van der Waals surface area contributed by atoms with E-state index in [1.54, 1.807) is 0 Å². The maximum atomic E-state index is 12.8. The highest BCUT2D eigenvalue weighted by Gasteiger charge is 2.40. The molecule has 1 aliphatic heterocycles. The molecule has 0 bridgehead atoms. The molecule has 1 aromatic carbocycles. The Labute approximate surface area is 170 Å². The maximum Gasteiger partial charge on any atom is 0.416 e. The number of nitrogens with one attached hydrogen (secondary N) is 2. The normalized spacial score (nSPS) is 19.0. The minimum Gasteiger partial charge on any atom is -0.383 e. The molecule has 11 heteroatoms. The Morgan fingerprint density at radius 3 is 2.77 bits per heavy atom. The first-order chi connectivity index (χ1) is 14.0. The smallest absolute Gasteiger partial charge is 0.383 e. The highest BCUT2D eigenvalue weighted by atomic mass is 19.4. The summed E-state index contributed by atoms with van der Waals surface area (Å²) in [5, 5.41) is 5.23. The van der Waals surface area contributed by atoms with Gasteiger partial charge in [0.15, 0.2) is 0 Å². The molecule has 30 heavy (non-hydrogen) atoms. The molecule has 1 unspecified atom stereocenters. The van der Waals surface area contributed by atoms with Crippen LogP contribution in [0, 0.1) is 0 Å². The lowest BCUT2D eigenvalue weighted by molar-refractivity contribution is -0.137. The van der Waals surface area contributed by atoms with Crippen molar-refractivity contribution in [3.63, 3.8) is 0 Å². The van der Waals surface area contributed by atoms with E-state index in [2.05, 4.69) is 20.6 Å². The van der Waals surface area contributed by atoms with Gasteiger partial charge < -0.3 is 16.4 Å². The fourth-order valence-corrected chi connectivity index (χ4v) is 3.30. The Morgan fingerprint density at radius 1 is 1.40 bits per heavy atom. The molecule has 3 amide bonds. The lowest BCUT2D eigenvalue weighted by Gasteiger charge is -2.22. The third-order valence-electron chi connectivity index (χ3n) is 4.70. The molecule has 1 fully saturated rings. The van der Waals surface area contributed by atoms with Crippen molar-refractivity contribution in [2.45, 2.75) is 38.4 Å². The van der Waals surface area contributed by atoms with E-state index >= 15 is 0 Å². The number of nitrogens with two attached hydrogens (primary N) is 1. The number of hydrogen-bond donors (Lipinski definition) is 3. The summed E-state index contributed by atoms with van der Waals surface area (Å²) in [7, 11) is 0. The minimum atomic E-state index is -4.53. The summed E-state index contributed by atoms with van der Waals surface area (Å²) in [6, 6.07) is 3.84. The molecule has 4 N–H and O–H groups in total. The fraction of sp³-hybridized carbons (Fsp3) is 0.368. The minimum absolute atomic E-state index is 0.0421. The number of carbonyl (C=O) groups excluding carboxylic acids is 2. The van der Waals surface area contributed by atoms with Crippen LogP contribution in [0.15, 0.2) is 30.5 Å². The third kappa shape index (κ3) is 4.44. The standard InChI is InChI=1S/C19H21F3N6O2/c1-3-7-18(2)10-28(17(30)27-18)16-24-9-13(14(23)26-16)15(29)25-12-6-4-5-11(8-12)19(20,21)22/h4-6,8-9H,3,7,10H2,1-2H3,(H,25,29)(H,27,30)(H2,23,24,26). The van der Waals surface area contributed by atoms with Crippen LogP contribution in [-0.2, 0) is 6.18 Å². The van der Waals surface area contributed by atoms with E-state index in [-0.39, 0.29) is 29.0 Å². The van der Waals surface area contributed by atoms with Gasteiger partial charge in [0.05, 0.1) is 17.6 Å². The molecule has 3 rings (SSSR count). The molecular formula is C19H21F3N6O2. The summed E-state index contributed by atoms with van der Waals surface area (Å²) in [4.78, 5) is 34.1. The molecule has 1 aromatic heterocycles. The van der Waals surface area contributed by atoms with Gasteiger partial charge in [-0.25, -0.2) is 9.78 Å². The molecule has 0 spiro atoms. The van der Waals surface area contributed by atoms with Crippen molar-refractivity contribution in [3.05, 3.63) is 41.6 Å². The van der Waals surface area contributed by atoms with E-state index in [1.807, 2.05) is 13.8 Å². The van der Waals surface area contributed by atoms with Crippen LogP contribution in [0.25, 0.3) is 0 Å². The van der Waals surface area contributed by atoms with Crippen molar-refractivity contribution < 1.29 is 22.8 Å². The highest BCUT2D eigenvalue weighted by molar-refractivity contribution is 6.07. The van der Waals surface area contributed by atoms with Gasteiger partial charge in [-0.1, -0.05) is 19.4 Å². The molecule has 0 aliphatic carbocycles. The number of alkyl halides is 3. The number of halogens is 3. The Hall–Kier alpha value is -3.37. The summed E-state index contributed by atoms with van der Waals surface area (Å²) in [6.45, 7) is 4.26. The average Bonchev–Trinajstić information content (AvgIpc) is 2.95. The predicted molar refractivity (Wildman–Crippen MR) is 105 cm³/mol. The second-order valence-electron chi connectivity index (χ2n) is 7.33. The van der Waals surface area contributed by atoms with Gasteiger partial charge in [-0.3, -0.25) is 9.69 Å². The summed E-state index contributed by atoms with van der Waals surface area (Å²) in [5.41, 5.74) is 4.38. The van der Waals surface area contributed by atoms with Crippen LogP contribution in [0.1, 0.15) is 42.6 Å². The molecule has 2 aromatic rings. The number of rotatable bonds is 5. The van der Waals surface area contributed by atoms with E-state index in [1.165, 1.54) is 17.0 Å². The Balaban J connectivity index is 1.77. The van der Waals surface area contributed by atoms with Crippen molar-refractivity contribution in [1.82, 2.24) is 15.3 Å². The molecule has 0 radical (unpaired) electrons. The van der Waals surface area contributed by atoms with Crippen LogP contribution >= 0.6 is 0 Å². The highest BCUT2D eigenvalue weighted by Crippen LogP contribution is 2.31. The Morgan fingerprint density at radius 2 is 2.13 bits per heavy atom. The molecular weight excluding hydrogens is 401 g/mol. The van der Waals surface area contributed by atoms with Gasteiger partial charge in [0, 0.05) is 11.9 Å². The quantitative estimate of drug-likeness (QED) is 0.683. The number of carbonyl (C=O) groups is 2. The van der Waals surface area contributed by atoms with Crippen molar-refractivity contribution >= 4 is 29.4 Å². The molecule has 1 atom stereocenters. The second-order valence-corrected chi connectivity index (χ2v) is 7.33. The summed E-state index contributed by atoms with van der Waals surface area (Å²) >= 11 is 0. The van der Waals surface area contributed by atoms with Gasteiger partial charge in [0.2, 0.25) is 5.95 Å². The molecule has 8 nitrogen and oxygen atoms in total. The van der Waals surface area contributed by atoms with Gasteiger partial charge >= 0.3 is 12.2 Å². The van der Waals surface area contributed by atoms with Crippen molar-refractivity contribution in [1.29, 1.82) is 0 Å². The molecule has 1 aliphatic rings. The fourth-order valence-electron chi connectivity index (χ4n) is 3.30. The number of benzene rings is 1. The zero-order valence-electron chi connectivity index (χ0n) is 16.4. The number of aromatic nitrogens is 2. The van der Waals surface area contributed by atoms with Crippen molar-refractivity contribution in [3.8, 4) is 0 Å². The number of anilines is 3. The number of nitrogen functional groups attached to an aromatic ring is 1. The number of amides is 3. The van der Waals surface area contributed by atoms with E-state index in [9.17, 15) is 22.8 Å². The first kappa shape index (κ1) is 21.3. The lowest BCUT2D eigenvalue weighted by Crippen LogP contribution is -2.39. The summed E-state index contributed by atoms with van der Waals surface area (Å²) < 4.78 is 38.5. The average molecular weight is 422 g/mol. The topological polar surface area (TPSA) is 113 Å². The van der Waals surface area contributed by atoms with Gasteiger partial charge in [0.1, 0.15) is 11.4 Å². The van der Waals surface area contributed by atoms with Crippen LogP contribution < -0.4 is 21.3 Å². The van der Waals surface area contributed by atoms with Gasteiger partial charge in [-0.2, -0.15) is 18.2 Å². The molecule has 1 saturated heterocycles. The van der Waals surface area contributed by atoms with E-state index in [0.29, 0.717) is 6.54 Å². The largest absolute Gasteiger partial charge is 0.416 e. The zero-order chi connectivity index (χ0) is 22.1. The third-order valence-corrected chi connectivity index (χ3v) is 4.70. The second kappa shape index (κ2) is 7.81. The molecule has 2 heterocycles. The van der Waals surface area contributed by atoms with E-state index in [0.717, 1.165) is 31.2 Å². The number of urea groups is 1. The van der Waals surface area contributed by atoms with Crippen molar-refractivity contribution in [2.24, 2.45) is 0 Å². The van der Waals surface area contributed by atoms with Crippen LogP contribution in [0.3, 0.4) is 0 Å². The first-order valence-corrected chi connectivity index (χ1v) is 9.23. The maximum absolute atomic E-state index is 12.8. The van der Waals surface area contributed by atoms with Crippen LogP contribution in [0.2, 0.25) is 0 Å². The monoisotopic (exact) mass is 422 g/mol. The Bertz CT molecular complexity index is 981. The lowest BCUT2D eigenvalue weighted by atomic mass is 9.98. The zero-order valence-corrected chi connectivity index (χ0v) is 16.4. The van der Waals surface area contributed by atoms with Crippen molar-refractivity contribution in [2.75, 3.05) is 22.5 Å². The molecule has 160 valence electrons. The van der Waals surface area contributed by atoms with Crippen LogP contribution in [-0.4, -0.2) is 34.0 Å². The van der Waals surface area contributed by atoms with E-state index < -0.39 is 23.2 Å². The summed E-state index contributed by atoms with van der Waals surface area (Å²) in [5.74, 6) is -0.915. The summed E-state index contributed by atoms with van der Waals surface area (Å²) in [6.07, 6.45) is -1.75. The SMILES string of the molecule is CCCC1(C)CN(c2ncc(C(=O)Nc3cccc(C(F)(F)F)c3)c(N)n2)C(=O)N1. The van der Waals surface area contributed by atoms with E-state index in [4.69, 9.17) is 5.73 Å². The number of hydrogen-bond acceptors (Lipinski definition) is 5. The molecule has 0 saturated carbocycles. The first-order valence-electron chi connectivity index (χ1n) is 9.23. The van der Waals surface area contributed by atoms with Crippen LogP contribution in [0.5, 0.6) is 0 Å². The van der Waals surface area contributed by atoms with Gasteiger partial charge in [-0.05, 0) is 31.5 Å².